The first kappa shape index (κ1) is 40.2. The molecule has 0 saturated heterocycles. The normalized spacial score (nSPS) is 12.6. The molecular weight excluding hydrogens is 773 g/mol. The van der Waals surface area contributed by atoms with Crippen molar-refractivity contribution in [1.29, 1.82) is 0 Å². The van der Waals surface area contributed by atoms with Gasteiger partial charge >= 0.3 is 11.9 Å². The molecule has 2 atom stereocenters. The third-order valence-corrected chi connectivity index (χ3v) is 11.7. The summed E-state index contributed by atoms with van der Waals surface area (Å²) >= 11 is 0. The number of ether oxygens (including phenoxy) is 2. The fourth-order valence-corrected chi connectivity index (χ4v) is 8.78. The molecule has 2 heterocycles. The summed E-state index contributed by atoms with van der Waals surface area (Å²) in [6, 6.07) is 50.4. The number of hydrogen-bond donors (Lipinski definition) is 2. The maximum atomic E-state index is 12.4. The van der Waals surface area contributed by atoms with Gasteiger partial charge in [-0.15, -0.1) is 0 Å². The lowest BCUT2D eigenvalue weighted by molar-refractivity contribution is -0.154. The van der Waals surface area contributed by atoms with Crippen LogP contribution in [0.1, 0.15) is 13.8 Å². The minimum Gasteiger partial charge on any atom is -0.458 e. The molecule has 8 heteroatoms. The number of carbonyl (C=O) groups is 2. The van der Waals surface area contributed by atoms with Gasteiger partial charge in [-0.1, -0.05) is 134 Å². The fraction of sp³-hybridized carbons (Fsp3) is 0.148. The maximum absolute atomic E-state index is 12.4. The van der Waals surface area contributed by atoms with E-state index in [-0.39, 0.29) is 24.4 Å². The first-order chi connectivity index (χ1) is 30.1. The Hall–Kier alpha value is -7.26. The quantitative estimate of drug-likeness (QED) is 0.105. The highest BCUT2D eigenvalue weighted by molar-refractivity contribution is 6.29. The van der Waals surface area contributed by atoms with Crippen molar-refractivity contribution < 1.29 is 29.3 Å². The Morgan fingerprint density at radius 1 is 0.516 bits per heavy atom. The van der Waals surface area contributed by atoms with Crippen LogP contribution < -0.4 is 0 Å². The van der Waals surface area contributed by atoms with Gasteiger partial charge in [-0.05, 0) is 81.2 Å². The van der Waals surface area contributed by atoms with E-state index < -0.39 is 24.1 Å². The van der Waals surface area contributed by atoms with E-state index in [4.69, 9.17) is 9.47 Å². The number of aliphatic hydroxyl groups is 2. The fourth-order valence-electron chi connectivity index (χ4n) is 8.78. The van der Waals surface area contributed by atoms with E-state index in [0.29, 0.717) is 13.1 Å². The predicted molar refractivity (Wildman–Crippen MR) is 252 cm³/mol. The Morgan fingerprint density at radius 2 is 0.855 bits per heavy atom. The van der Waals surface area contributed by atoms with Crippen LogP contribution >= 0.6 is 0 Å². The number of hydrogen-bond acceptors (Lipinski definition) is 6. The lowest BCUT2D eigenvalue weighted by atomic mass is 10.00. The average Bonchev–Trinajstić information content (AvgIpc) is 3.80. The van der Waals surface area contributed by atoms with Crippen LogP contribution in [0, 0.1) is 0 Å². The highest BCUT2D eigenvalue weighted by atomic mass is 16.6. The number of fused-ring (bicyclic) bond motifs is 14. The minimum absolute atomic E-state index is 0.0902. The molecule has 0 bridgehead atoms. The molecular formula is C54H46N2O6. The van der Waals surface area contributed by atoms with Crippen molar-refractivity contribution in [3.63, 3.8) is 0 Å². The van der Waals surface area contributed by atoms with Gasteiger partial charge in [0.1, 0.15) is 6.61 Å². The molecule has 0 aliphatic carbocycles. The summed E-state index contributed by atoms with van der Waals surface area (Å²) in [4.78, 5) is 24.5. The van der Waals surface area contributed by atoms with Crippen molar-refractivity contribution in [3.8, 4) is 0 Å². The summed E-state index contributed by atoms with van der Waals surface area (Å²) in [5, 5.41) is 33.6. The molecule has 0 aliphatic heterocycles. The van der Waals surface area contributed by atoms with E-state index in [1.54, 1.807) is 13.8 Å². The predicted octanol–water partition coefficient (Wildman–Crippen LogP) is 11.2. The van der Waals surface area contributed by atoms with Crippen LogP contribution in [0.4, 0.5) is 0 Å². The standard InChI is InChI=1S/C31H27NO4.C23H19NO2/c1-19(2)30(33)35-18-23(36-31(34)20(3)4)17-32-26-15-13-21-9-5-7-11-24(21)28(26)29-25-12-8-6-10-22(25)14-16-27(29)32;25-14-17(26)13-24-20-11-9-15-5-1-3-7-18(15)22(20)23-19-8-4-2-6-16(19)10-12-21(23)24/h5-16,23H,1,3,17-18H2,2,4H3;1-12,17,25-26H,13-14H2. The summed E-state index contributed by atoms with van der Waals surface area (Å²) in [5.74, 6) is -1.05. The van der Waals surface area contributed by atoms with E-state index in [1.807, 2.05) is 24.3 Å². The lowest BCUT2D eigenvalue weighted by Gasteiger charge is -2.20. The number of aromatic nitrogens is 2. The first-order valence-corrected chi connectivity index (χ1v) is 20.7. The van der Waals surface area contributed by atoms with E-state index in [2.05, 4.69) is 144 Å². The Kier molecular flexibility index (Phi) is 10.8. The van der Waals surface area contributed by atoms with Gasteiger partial charge in [0.15, 0.2) is 6.10 Å². The molecule has 308 valence electrons. The molecule has 0 saturated carbocycles. The van der Waals surface area contributed by atoms with Crippen molar-refractivity contribution >= 4 is 98.6 Å². The molecule has 10 aromatic rings. The van der Waals surface area contributed by atoms with Crippen LogP contribution in [-0.2, 0) is 32.2 Å². The third-order valence-electron chi connectivity index (χ3n) is 11.7. The second-order valence-electron chi connectivity index (χ2n) is 16.0. The van der Waals surface area contributed by atoms with Crippen LogP contribution in [-0.4, -0.2) is 56.7 Å². The van der Waals surface area contributed by atoms with Crippen molar-refractivity contribution in [2.24, 2.45) is 0 Å². The molecule has 0 spiro atoms. The largest absolute Gasteiger partial charge is 0.458 e. The van der Waals surface area contributed by atoms with Gasteiger partial charge in [0.25, 0.3) is 0 Å². The summed E-state index contributed by atoms with van der Waals surface area (Å²) < 4.78 is 15.4. The van der Waals surface area contributed by atoms with Crippen LogP contribution in [0.15, 0.2) is 170 Å². The molecule has 8 aromatic carbocycles. The summed E-state index contributed by atoms with van der Waals surface area (Å²) in [6.45, 7) is 10.8. The number of benzene rings is 8. The number of rotatable bonds is 10. The van der Waals surface area contributed by atoms with Crippen LogP contribution in [0.2, 0.25) is 0 Å². The third kappa shape index (κ3) is 7.23. The van der Waals surface area contributed by atoms with E-state index in [0.717, 1.165) is 54.4 Å². The molecule has 10 rings (SSSR count). The van der Waals surface area contributed by atoms with Crippen LogP contribution in [0.3, 0.4) is 0 Å². The smallest absolute Gasteiger partial charge is 0.333 e. The van der Waals surface area contributed by atoms with Crippen molar-refractivity contribution in [1.82, 2.24) is 9.13 Å². The van der Waals surface area contributed by atoms with Gasteiger partial charge in [-0.25, -0.2) is 9.59 Å². The minimum atomic E-state index is -0.785. The second kappa shape index (κ2) is 16.7. The molecule has 0 amide bonds. The molecule has 8 nitrogen and oxygen atoms in total. The lowest BCUT2D eigenvalue weighted by Crippen LogP contribution is -2.30. The number of esters is 2. The van der Waals surface area contributed by atoms with Gasteiger partial charge in [0.2, 0.25) is 0 Å². The SMILES string of the molecule is C=C(C)C(=O)OCC(Cn1c2ccc3ccccc3c2c2c3ccccc3ccc21)OC(=O)C(=C)C.OCC(O)Cn1c2ccc3ccccc3c2c2c3ccccc3ccc21. The molecule has 0 aliphatic rings. The topological polar surface area (TPSA) is 103 Å². The summed E-state index contributed by atoms with van der Waals surface area (Å²) in [5.41, 5.74) is 4.77. The number of aliphatic hydroxyl groups excluding tert-OH is 2. The molecule has 2 N–H and O–H groups in total. The molecule has 0 radical (unpaired) electrons. The molecule has 62 heavy (non-hydrogen) atoms. The Morgan fingerprint density at radius 3 is 1.19 bits per heavy atom. The highest BCUT2D eigenvalue weighted by Gasteiger charge is 2.23. The number of nitrogens with zero attached hydrogens (tertiary/aromatic N) is 2. The zero-order chi connectivity index (χ0) is 43.1. The van der Waals surface area contributed by atoms with E-state index in [9.17, 15) is 19.8 Å². The molecule has 0 fully saturated rings. The highest BCUT2D eigenvalue weighted by Crippen LogP contribution is 2.40. The Labute approximate surface area is 358 Å². The molecule has 2 aromatic heterocycles. The zero-order valence-corrected chi connectivity index (χ0v) is 34.7. The Bertz CT molecular complexity index is 3230. The zero-order valence-electron chi connectivity index (χ0n) is 34.7. The van der Waals surface area contributed by atoms with Gasteiger partial charge < -0.3 is 28.8 Å². The van der Waals surface area contributed by atoms with Crippen LogP contribution in [0.5, 0.6) is 0 Å². The Balaban J connectivity index is 0.000000166. The summed E-state index contributed by atoms with van der Waals surface area (Å²) in [6.07, 6.45) is -1.50. The van der Waals surface area contributed by atoms with Crippen molar-refractivity contribution in [3.05, 3.63) is 170 Å². The van der Waals surface area contributed by atoms with Gasteiger partial charge in [0.05, 0.1) is 25.8 Å². The number of carbonyl (C=O) groups excluding carboxylic acids is 2. The van der Waals surface area contributed by atoms with Crippen molar-refractivity contribution in [2.75, 3.05) is 13.2 Å². The monoisotopic (exact) mass is 818 g/mol. The van der Waals surface area contributed by atoms with E-state index in [1.165, 1.54) is 32.3 Å². The average molecular weight is 819 g/mol. The van der Waals surface area contributed by atoms with Gasteiger partial charge in [-0.3, -0.25) is 0 Å². The van der Waals surface area contributed by atoms with Gasteiger partial charge in [0, 0.05) is 54.8 Å². The second-order valence-corrected chi connectivity index (χ2v) is 16.0. The van der Waals surface area contributed by atoms with E-state index >= 15 is 0 Å². The first-order valence-electron chi connectivity index (χ1n) is 20.7. The van der Waals surface area contributed by atoms with Gasteiger partial charge in [-0.2, -0.15) is 0 Å². The van der Waals surface area contributed by atoms with Crippen molar-refractivity contribution in [2.45, 2.75) is 39.1 Å². The summed E-state index contributed by atoms with van der Waals surface area (Å²) in [7, 11) is 0. The maximum Gasteiger partial charge on any atom is 0.333 e. The van der Waals surface area contributed by atoms with Crippen LogP contribution in [0.25, 0.3) is 86.7 Å². The molecule has 2 unspecified atom stereocenters.